The normalized spacial score (nSPS) is 20.2. The van der Waals surface area contributed by atoms with Gasteiger partial charge in [-0.05, 0) is 44.5 Å². The van der Waals surface area contributed by atoms with Gasteiger partial charge in [0.25, 0.3) is 0 Å². The van der Waals surface area contributed by atoms with Gasteiger partial charge in [0.05, 0.1) is 0 Å². The van der Waals surface area contributed by atoms with Crippen LogP contribution in [0.1, 0.15) is 18.4 Å². The lowest BCUT2D eigenvalue weighted by Gasteiger charge is -2.27. The maximum Gasteiger partial charge on any atom is 0.488 e. The summed E-state index contributed by atoms with van der Waals surface area (Å²) in [5, 5.41) is 18.4. The Morgan fingerprint density at radius 2 is 2.16 bits per heavy atom. The van der Waals surface area contributed by atoms with E-state index in [1.807, 2.05) is 12.1 Å². The standard InChI is InChI=1S/C14H23BN2O2/c1-16(2)11-14-7-4-8-17(14)10-12-5-3-6-13(9-12)15(18)19/h3,5-6,9,14,18-19H,4,7-8,10-11H2,1-2H3. The number of likely N-dealkylation sites (N-methyl/N-ethyl adjacent to an activating group) is 1. The summed E-state index contributed by atoms with van der Waals surface area (Å²) in [6.45, 7) is 3.10. The van der Waals surface area contributed by atoms with Gasteiger partial charge in [-0.15, -0.1) is 0 Å². The summed E-state index contributed by atoms with van der Waals surface area (Å²) >= 11 is 0. The average molecular weight is 262 g/mol. The molecule has 0 spiro atoms. The maximum absolute atomic E-state index is 9.22. The van der Waals surface area contributed by atoms with E-state index in [0.29, 0.717) is 11.5 Å². The fourth-order valence-electron chi connectivity index (χ4n) is 2.82. The minimum absolute atomic E-state index is 0.570. The molecule has 0 aliphatic carbocycles. The molecule has 2 N–H and O–H groups in total. The lowest BCUT2D eigenvalue weighted by Crippen LogP contribution is -2.37. The van der Waals surface area contributed by atoms with Crippen molar-refractivity contribution in [2.45, 2.75) is 25.4 Å². The molecule has 0 bridgehead atoms. The van der Waals surface area contributed by atoms with Crippen LogP contribution < -0.4 is 5.46 Å². The smallest absolute Gasteiger partial charge is 0.423 e. The molecule has 1 atom stereocenters. The number of hydrogen-bond donors (Lipinski definition) is 2. The maximum atomic E-state index is 9.22. The van der Waals surface area contributed by atoms with E-state index in [2.05, 4.69) is 30.0 Å². The molecular weight excluding hydrogens is 239 g/mol. The molecule has 1 aromatic rings. The quantitative estimate of drug-likeness (QED) is 0.727. The number of rotatable bonds is 5. The molecule has 1 unspecified atom stereocenters. The highest BCUT2D eigenvalue weighted by molar-refractivity contribution is 6.58. The van der Waals surface area contributed by atoms with Crippen LogP contribution in [0.15, 0.2) is 24.3 Å². The van der Waals surface area contributed by atoms with Gasteiger partial charge < -0.3 is 14.9 Å². The van der Waals surface area contributed by atoms with Crippen molar-refractivity contribution in [1.29, 1.82) is 0 Å². The van der Waals surface area contributed by atoms with E-state index in [4.69, 9.17) is 0 Å². The first kappa shape index (κ1) is 14.5. The van der Waals surface area contributed by atoms with Crippen molar-refractivity contribution in [2.75, 3.05) is 27.2 Å². The van der Waals surface area contributed by atoms with Crippen molar-refractivity contribution in [3.63, 3.8) is 0 Å². The molecule has 0 aromatic heterocycles. The molecule has 1 heterocycles. The van der Waals surface area contributed by atoms with Crippen molar-refractivity contribution in [1.82, 2.24) is 9.80 Å². The van der Waals surface area contributed by atoms with E-state index < -0.39 is 7.12 Å². The average Bonchev–Trinajstić information content (AvgIpc) is 2.76. The summed E-state index contributed by atoms with van der Waals surface area (Å²) in [7, 11) is 2.84. The van der Waals surface area contributed by atoms with Crippen molar-refractivity contribution >= 4 is 12.6 Å². The highest BCUT2D eigenvalue weighted by Crippen LogP contribution is 2.20. The van der Waals surface area contributed by atoms with E-state index in [1.54, 1.807) is 6.07 Å². The lowest BCUT2D eigenvalue weighted by molar-refractivity contribution is 0.201. The van der Waals surface area contributed by atoms with Crippen LogP contribution in [0, 0.1) is 0 Å². The Kier molecular flexibility index (Phi) is 4.99. The van der Waals surface area contributed by atoms with Crippen LogP contribution in [-0.4, -0.2) is 60.2 Å². The minimum Gasteiger partial charge on any atom is -0.423 e. The number of hydrogen-bond acceptors (Lipinski definition) is 4. The molecule has 1 aromatic carbocycles. The molecule has 0 saturated carbocycles. The van der Waals surface area contributed by atoms with E-state index >= 15 is 0 Å². The largest absolute Gasteiger partial charge is 0.488 e. The second-order valence-electron chi connectivity index (χ2n) is 5.65. The van der Waals surface area contributed by atoms with Crippen LogP contribution >= 0.6 is 0 Å². The van der Waals surface area contributed by atoms with E-state index in [0.717, 1.165) is 25.2 Å². The highest BCUT2D eigenvalue weighted by atomic mass is 16.4. The predicted octanol–water partition coefficient (Wildman–Crippen LogP) is -0.108. The number of nitrogens with zero attached hydrogens (tertiary/aromatic N) is 2. The zero-order chi connectivity index (χ0) is 13.8. The molecule has 1 saturated heterocycles. The molecule has 19 heavy (non-hydrogen) atoms. The van der Waals surface area contributed by atoms with Crippen molar-refractivity contribution < 1.29 is 10.0 Å². The summed E-state index contributed by atoms with van der Waals surface area (Å²) in [5.41, 5.74) is 1.72. The second kappa shape index (κ2) is 6.52. The van der Waals surface area contributed by atoms with E-state index in [9.17, 15) is 10.0 Å². The fourth-order valence-corrected chi connectivity index (χ4v) is 2.82. The van der Waals surface area contributed by atoms with Crippen LogP contribution in [0.25, 0.3) is 0 Å². The van der Waals surface area contributed by atoms with Gasteiger partial charge in [0.1, 0.15) is 0 Å². The van der Waals surface area contributed by atoms with Crippen LogP contribution in [0.3, 0.4) is 0 Å². The predicted molar refractivity (Wildman–Crippen MR) is 78.3 cm³/mol. The van der Waals surface area contributed by atoms with Gasteiger partial charge >= 0.3 is 7.12 Å². The van der Waals surface area contributed by atoms with Gasteiger partial charge in [0.15, 0.2) is 0 Å². The first-order chi connectivity index (χ1) is 9.06. The van der Waals surface area contributed by atoms with Gasteiger partial charge in [-0.3, -0.25) is 4.90 Å². The van der Waals surface area contributed by atoms with Crippen molar-refractivity contribution in [2.24, 2.45) is 0 Å². The van der Waals surface area contributed by atoms with Gasteiger partial charge in [0, 0.05) is 19.1 Å². The SMILES string of the molecule is CN(C)CC1CCCN1Cc1cccc(B(O)O)c1. The summed E-state index contributed by atoms with van der Waals surface area (Å²) < 4.78 is 0. The monoisotopic (exact) mass is 262 g/mol. The Morgan fingerprint density at radius 3 is 2.84 bits per heavy atom. The number of likely N-dealkylation sites (tertiary alicyclic amines) is 1. The Morgan fingerprint density at radius 1 is 1.37 bits per heavy atom. The molecule has 0 radical (unpaired) electrons. The Balaban J connectivity index is 2.01. The number of benzene rings is 1. The summed E-state index contributed by atoms with van der Waals surface area (Å²) in [6.07, 6.45) is 2.50. The zero-order valence-corrected chi connectivity index (χ0v) is 11.8. The van der Waals surface area contributed by atoms with Crippen molar-refractivity contribution in [3.05, 3.63) is 29.8 Å². The van der Waals surface area contributed by atoms with Crippen LogP contribution in [0.2, 0.25) is 0 Å². The lowest BCUT2D eigenvalue weighted by atomic mass is 9.79. The Hall–Kier alpha value is -0.875. The first-order valence-electron chi connectivity index (χ1n) is 6.90. The molecular formula is C14H23BN2O2. The summed E-state index contributed by atoms with van der Waals surface area (Å²) in [5.74, 6) is 0. The highest BCUT2D eigenvalue weighted by Gasteiger charge is 2.25. The summed E-state index contributed by atoms with van der Waals surface area (Å²) in [6, 6.07) is 8.18. The fraction of sp³-hybridized carbons (Fsp3) is 0.571. The molecule has 1 fully saturated rings. The minimum atomic E-state index is -1.38. The summed E-state index contributed by atoms with van der Waals surface area (Å²) in [4.78, 5) is 4.72. The zero-order valence-electron chi connectivity index (χ0n) is 11.8. The van der Waals surface area contributed by atoms with E-state index in [-0.39, 0.29) is 0 Å². The van der Waals surface area contributed by atoms with Crippen LogP contribution in [0.4, 0.5) is 0 Å². The third-order valence-electron chi connectivity index (χ3n) is 3.71. The third-order valence-corrected chi connectivity index (χ3v) is 3.71. The van der Waals surface area contributed by atoms with Crippen LogP contribution in [-0.2, 0) is 6.54 Å². The molecule has 5 heteroatoms. The van der Waals surface area contributed by atoms with Gasteiger partial charge in [-0.1, -0.05) is 24.3 Å². The topological polar surface area (TPSA) is 46.9 Å². The first-order valence-corrected chi connectivity index (χ1v) is 6.90. The van der Waals surface area contributed by atoms with Gasteiger partial charge in [-0.2, -0.15) is 0 Å². The Bertz CT molecular complexity index is 412. The third kappa shape index (κ3) is 4.04. The van der Waals surface area contributed by atoms with Crippen LogP contribution in [0.5, 0.6) is 0 Å². The second-order valence-corrected chi connectivity index (χ2v) is 5.65. The van der Waals surface area contributed by atoms with Crippen molar-refractivity contribution in [3.8, 4) is 0 Å². The van der Waals surface area contributed by atoms with E-state index in [1.165, 1.54) is 12.8 Å². The Labute approximate surface area is 115 Å². The molecule has 104 valence electrons. The molecule has 4 nitrogen and oxygen atoms in total. The molecule has 0 amide bonds. The van der Waals surface area contributed by atoms with Gasteiger partial charge in [-0.25, -0.2) is 0 Å². The molecule has 2 rings (SSSR count). The molecule has 1 aliphatic heterocycles. The van der Waals surface area contributed by atoms with Gasteiger partial charge in [0.2, 0.25) is 0 Å². The molecule has 1 aliphatic rings.